The van der Waals surface area contributed by atoms with Crippen LogP contribution in [-0.4, -0.2) is 0 Å². The van der Waals surface area contributed by atoms with E-state index in [2.05, 4.69) is 323 Å². The Morgan fingerprint density at radius 3 is 1.20 bits per heavy atom. The fourth-order valence-electron chi connectivity index (χ4n) is 15.0. The van der Waals surface area contributed by atoms with Crippen molar-refractivity contribution in [3.63, 3.8) is 0 Å². The Bertz CT molecular complexity index is 5040. The van der Waals surface area contributed by atoms with Crippen LogP contribution in [0, 0.1) is 0 Å². The van der Waals surface area contributed by atoms with Gasteiger partial charge < -0.3 is 18.6 Å². The van der Waals surface area contributed by atoms with Gasteiger partial charge >= 0.3 is 0 Å². The number of para-hydroxylation sites is 2. The van der Waals surface area contributed by atoms with Gasteiger partial charge in [0.05, 0.1) is 16.8 Å². The van der Waals surface area contributed by atoms with Crippen molar-refractivity contribution in [2.45, 2.75) is 110 Å². The van der Waals surface area contributed by atoms with Crippen LogP contribution in [0.5, 0.6) is 0 Å². The molecule has 0 aliphatic heterocycles. The fourth-order valence-corrected chi connectivity index (χ4v) is 15.0. The van der Waals surface area contributed by atoms with Gasteiger partial charge in [0, 0.05) is 55.1 Å². The van der Waals surface area contributed by atoms with Crippen LogP contribution in [-0.2, 0) is 27.1 Å². The largest absolute Gasteiger partial charge is 0.455 e. The van der Waals surface area contributed by atoms with Crippen LogP contribution in [0.3, 0.4) is 0 Å². The van der Waals surface area contributed by atoms with Crippen molar-refractivity contribution in [1.82, 2.24) is 0 Å². The lowest BCUT2D eigenvalue weighted by atomic mass is 9.70. The second-order valence-electron chi connectivity index (χ2n) is 29.3. The van der Waals surface area contributed by atoms with E-state index < -0.39 is 5.41 Å². The monoisotopic (exact) mass is 1150 g/mol. The summed E-state index contributed by atoms with van der Waals surface area (Å²) >= 11 is 0. The molecule has 12 aromatic carbocycles. The van der Waals surface area contributed by atoms with E-state index in [0.29, 0.717) is 0 Å². The van der Waals surface area contributed by atoms with Crippen LogP contribution in [0.25, 0.3) is 87.7 Å². The second kappa shape index (κ2) is 19.2. The Morgan fingerprint density at radius 2 is 0.708 bits per heavy atom. The average molecular weight is 1160 g/mol. The highest BCUT2D eigenvalue weighted by Gasteiger charge is 2.53. The van der Waals surface area contributed by atoms with E-state index in [4.69, 9.17) is 8.83 Å². The highest BCUT2D eigenvalue weighted by atomic mass is 16.3. The quantitative estimate of drug-likeness (QED) is 0.166. The Labute approximate surface area is 522 Å². The Balaban J connectivity index is 1.07. The van der Waals surface area contributed by atoms with Gasteiger partial charge in [0.1, 0.15) is 16.7 Å². The number of hydrogen-bond donors (Lipinski definition) is 0. The van der Waals surface area contributed by atoms with Gasteiger partial charge in [0.25, 0.3) is 0 Å². The lowest BCUT2D eigenvalue weighted by Crippen LogP contribution is -2.26. The molecule has 4 nitrogen and oxygen atoms in total. The molecule has 14 aromatic rings. The number of furan rings is 2. The average Bonchev–Trinajstić information content (AvgIpc) is 1.35. The van der Waals surface area contributed by atoms with Crippen LogP contribution < -0.4 is 9.80 Å². The fraction of sp³-hybridized carbons (Fsp3) is 0.200. The zero-order valence-electron chi connectivity index (χ0n) is 53.2. The smallest absolute Gasteiger partial charge is 0.160 e. The summed E-state index contributed by atoms with van der Waals surface area (Å²) < 4.78 is 14.7. The molecule has 0 saturated carbocycles. The van der Waals surface area contributed by atoms with Crippen LogP contribution in [0.1, 0.15) is 128 Å². The molecule has 0 unspecified atom stereocenters. The minimum atomic E-state index is -0.764. The summed E-state index contributed by atoms with van der Waals surface area (Å²) in [6.07, 6.45) is 0. The molecule has 1 spiro atoms. The molecule has 2 aromatic heterocycles. The summed E-state index contributed by atoms with van der Waals surface area (Å²) in [5.74, 6) is 0. The van der Waals surface area contributed by atoms with Crippen LogP contribution in [0.4, 0.5) is 34.1 Å². The molecule has 2 aliphatic rings. The molecular weight excluding hydrogens is 1080 g/mol. The summed E-state index contributed by atoms with van der Waals surface area (Å²) in [6, 6.07) is 87.3. The van der Waals surface area contributed by atoms with Gasteiger partial charge in [-0.2, -0.15) is 0 Å². The van der Waals surface area contributed by atoms with Crippen molar-refractivity contribution in [2.75, 3.05) is 9.80 Å². The van der Waals surface area contributed by atoms with Gasteiger partial charge in [0.15, 0.2) is 5.58 Å². The standard InChI is InChI=1S/C85H74N2O2/c1-81(2,3)52-29-37-56(38-30-52)86(57-39-31-53(32-40-57)82(4,5)6)72-50-71-77(78-64(72)46-45-63-62-23-15-19-27-74(62)88-79(63)78)67-49-66-51(47-70(67)85(71)68-25-17-13-21-60(68)61-22-14-18-26-69(61)85)48-73(80-76(66)65-24-16-20-28-75(65)89-80)87(58-41-33-54(34-42-58)83(7,8)9)59-43-35-55(36-44-59)84(10,11)12/h13-50H,1-12H3. The van der Waals surface area contributed by atoms with Crippen LogP contribution in [0.2, 0.25) is 0 Å². The first kappa shape index (κ1) is 54.7. The predicted molar refractivity (Wildman–Crippen MR) is 376 cm³/mol. The van der Waals surface area contributed by atoms with Crippen molar-refractivity contribution < 1.29 is 8.83 Å². The van der Waals surface area contributed by atoms with Gasteiger partial charge in [-0.15, -0.1) is 0 Å². The zero-order chi connectivity index (χ0) is 61.3. The normalized spacial score (nSPS) is 13.7. The summed E-state index contributed by atoms with van der Waals surface area (Å²) in [6.45, 7) is 27.5. The van der Waals surface area contributed by atoms with Crippen molar-refractivity contribution in [3.8, 4) is 22.3 Å². The third-order valence-electron chi connectivity index (χ3n) is 19.7. The molecule has 0 N–H and O–H groups in total. The van der Waals surface area contributed by atoms with Crippen LogP contribution >= 0.6 is 0 Å². The topological polar surface area (TPSA) is 32.8 Å². The van der Waals surface area contributed by atoms with E-state index >= 15 is 0 Å². The predicted octanol–water partition coefficient (Wildman–Crippen LogP) is 24.3. The molecule has 16 rings (SSSR count). The van der Waals surface area contributed by atoms with Crippen molar-refractivity contribution in [2.24, 2.45) is 0 Å². The number of rotatable bonds is 6. The third-order valence-corrected chi connectivity index (χ3v) is 19.7. The molecule has 0 radical (unpaired) electrons. The van der Waals surface area contributed by atoms with Gasteiger partial charge in [-0.25, -0.2) is 0 Å². The first-order valence-corrected chi connectivity index (χ1v) is 31.7. The maximum Gasteiger partial charge on any atom is 0.160 e. The Hall–Kier alpha value is -9.64. The van der Waals surface area contributed by atoms with Crippen molar-refractivity contribution in [1.29, 1.82) is 0 Å². The molecule has 0 amide bonds. The third kappa shape index (κ3) is 8.25. The zero-order valence-corrected chi connectivity index (χ0v) is 53.2. The highest BCUT2D eigenvalue weighted by Crippen LogP contribution is 2.66. The number of fused-ring (bicyclic) bond motifs is 21. The lowest BCUT2D eigenvalue weighted by Gasteiger charge is -2.33. The minimum Gasteiger partial charge on any atom is -0.455 e. The van der Waals surface area contributed by atoms with Gasteiger partial charge in [-0.05, 0) is 190 Å². The van der Waals surface area contributed by atoms with E-state index in [0.717, 1.165) is 99.5 Å². The summed E-state index contributed by atoms with van der Waals surface area (Å²) in [5, 5.41) is 8.84. The minimum absolute atomic E-state index is 0.0198. The van der Waals surface area contributed by atoms with E-state index in [1.807, 2.05) is 0 Å². The number of anilines is 6. The van der Waals surface area contributed by atoms with Gasteiger partial charge in [-0.3, -0.25) is 0 Å². The Morgan fingerprint density at radius 1 is 0.292 bits per heavy atom. The molecule has 0 atom stereocenters. The molecule has 2 aliphatic carbocycles. The maximum atomic E-state index is 7.39. The maximum absolute atomic E-state index is 7.39. The summed E-state index contributed by atoms with van der Waals surface area (Å²) in [4.78, 5) is 4.94. The molecule has 89 heavy (non-hydrogen) atoms. The van der Waals surface area contributed by atoms with Gasteiger partial charge in [0.2, 0.25) is 0 Å². The van der Waals surface area contributed by atoms with Crippen LogP contribution in [0.15, 0.2) is 239 Å². The van der Waals surface area contributed by atoms with Crippen molar-refractivity contribution in [3.05, 3.63) is 275 Å². The lowest BCUT2D eigenvalue weighted by molar-refractivity contribution is 0.590. The Kier molecular flexibility index (Phi) is 11.8. The second-order valence-corrected chi connectivity index (χ2v) is 29.3. The summed E-state index contributed by atoms with van der Waals surface area (Å²) in [7, 11) is 0. The first-order valence-electron chi connectivity index (χ1n) is 31.7. The molecule has 436 valence electrons. The van der Waals surface area contributed by atoms with E-state index in [1.165, 1.54) is 66.8 Å². The first-order chi connectivity index (χ1) is 42.7. The number of hydrogen-bond acceptors (Lipinski definition) is 4. The number of benzene rings is 12. The van der Waals surface area contributed by atoms with E-state index in [1.54, 1.807) is 0 Å². The molecule has 4 heteroatoms. The molecule has 0 fully saturated rings. The van der Waals surface area contributed by atoms with Crippen molar-refractivity contribution >= 4 is 99.5 Å². The summed E-state index contributed by atoms with van der Waals surface area (Å²) in [5.41, 5.74) is 24.0. The SMILES string of the molecule is CC(C)(C)c1ccc(N(c2ccc(C(C)(C)C)cc2)c2cc3c(c4c2ccc2c5ccccc5oc24)-c2cc4c(cc2C32c3ccccc3-c3ccccc32)cc(N(c2ccc(C(C)(C)C)cc2)c2ccc(C(C)(C)C)cc2)c2oc3ccccc3c24)cc1. The highest BCUT2D eigenvalue weighted by molar-refractivity contribution is 6.27. The molecular formula is C85H74N2O2. The number of nitrogens with zero attached hydrogens (tertiary/aromatic N) is 2. The molecule has 0 saturated heterocycles. The molecule has 0 bridgehead atoms. The molecule has 2 heterocycles. The van der Waals surface area contributed by atoms with E-state index in [-0.39, 0.29) is 21.7 Å². The van der Waals surface area contributed by atoms with Gasteiger partial charge in [-0.1, -0.05) is 223 Å². The van der Waals surface area contributed by atoms with E-state index in [9.17, 15) is 0 Å².